The second-order valence-corrected chi connectivity index (χ2v) is 6.40. The summed E-state index contributed by atoms with van der Waals surface area (Å²) in [6.45, 7) is 2.30. The van der Waals surface area contributed by atoms with Crippen molar-refractivity contribution in [2.24, 2.45) is 5.92 Å². The predicted molar refractivity (Wildman–Crippen MR) is 86.7 cm³/mol. The first-order valence-electron chi connectivity index (χ1n) is 7.96. The number of carbonyl (C=O) groups is 1. The number of aryl methyl sites for hydroxylation is 1. The lowest BCUT2D eigenvalue weighted by molar-refractivity contribution is 0.0692. The van der Waals surface area contributed by atoms with Crippen LogP contribution in [0.25, 0.3) is 10.9 Å². The van der Waals surface area contributed by atoms with Crippen LogP contribution in [0.4, 0.5) is 4.39 Å². The highest BCUT2D eigenvalue weighted by Gasteiger charge is 2.28. The van der Waals surface area contributed by atoms with E-state index in [0.717, 1.165) is 24.6 Å². The number of hydrogen-bond acceptors (Lipinski definition) is 3. The number of rotatable bonds is 3. The SMILES string of the molecule is Cc1nc2cc(F)ccc2cc1C(=O)N(C)CC1CCCC1O. The number of pyridine rings is 1. The molecule has 3 rings (SSSR count). The molecule has 2 unspecified atom stereocenters. The highest BCUT2D eigenvalue weighted by molar-refractivity contribution is 5.98. The van der Waals surface area contributed by atoms with Gasteiger partial charge in [-0.3, -0.25) is 9.78 Å². The van der Waals surface area contributed by atoms with Gasteiger partial charge < -0.3 is 10.0 Å². The molecule has 0 bridgehead atoms. The van der Waals surface area contributed by atoms with E-state index in [-0.39, 0.29) is 23.7 Å². The van der Waals surface area contributed by atoms with Crippen molar-refractivity contribution in [3.63, 3.8) is 0 Å². The van der Waals surface area contributed by atoms with E-state index >= 15 is 0 Å². The third kappa shape index (κ3) is 3.20. The molecule has 1 heterocycles. The molecule has 1 N–H and O–H groups in total. The number of carbonyl (C=O) groups excluding carboxylic acids is 1. The lowest BCUT2D eigenvalue weighted by atomic mass is 10.0. The Bertz CT molecular complexity index is 747. The van der Waals surface area contributed by atoms with Crippen LogP contribution in [0.3, 0.4) is 0 Å². The first-order valence-corrected chi connectivity index (χ1v) is 7.96. The first-order chi connectivity index (χ1) is 11.0. The third-order valence-corrected chi connectivity index (χ3v) is 4.67. The van der Waals surface area contributed by atoms with Crippen molar-refractivity contribution in [1.82, 2.24) is 9.88 Å². The van der Waals surface area contributed by atoms with E-state index in [1.54, 1.807) is 31.0 Å². The van der Waals surface area contributed by atoms with E-state index in [0.29, 0.717) is 23.3 Å². The van der Waals surface area contributed by atoms with E-state index in [4.69, 9.17) is 0 Å². The van der Waals surface area contributed by atoms with Gasteiger partial charge in [0.2, 0.25) is 0 Å². The number of benzene rings is 1. The third-order valence-electron chi connectivity index (χ3n) is 4.67. The normalized spacial score (nSPS) is 20.9. The number of fused-ring (bicyclic) bond motifs is 1. The van der Waals surface area contributed by atoms with Gasteiger partial charge in [-0.05, 0) is 38.0 Å². The van der Waals surface area contributed by atoms with Gasteiger partial charge in [-0.1, -0.05) is 6.42 Å². The molecule has 1 saturated carbocycles. The minimum atomic E-state index is -0.337. The standard InChI is InChI=1S/C18H21FN2O2/c1-11-15(8-12-6-7-14(19)9-16(12)20-11)18(23)21(2)10-13-4-3-5-17(13)22/h6-9,13,17,22H,3-5,10H2,1-2H3. The molecule has 2 atom stereocenters. The quantitative estimate of drug-likeness (QED) is 0.947. The van der Waals surface area contributed by atoms with Crippen LogP contribution in [0.15, 0.2) is 24.3 Å². The van der Waals surface area contributed by atoms with Crippen LogP contribution in [0.5, 0.6) is 0 Å². The molecule has 0 radical (unpaired) electrons. The van der Waals surface area contributed by atoms with Crippen LogP contribution in [-0.2, 0) is 0 Å². The van der Waals surface area contributed by atoms with Crippen LogP contribution < -0.4 is 0 Å². The van der Waals surface area contributed by atoms with Gasteiger partial charge in [0.05, 0.1) is 22.9 Å². The van der Waals surface area contributed by atoms with Gasteiger partial charge in [-0.25, -0.2) is 4.39 Å². The van der Waals surface area contributed by atoms with Crippen LogP contribution in [0.1, 0.15) is 35.3 Å². The summed E-state index contributed by atoms with van der Waals surface area (Å²) in [6, 6.07) is 6.14. The monoisotopic (exact) mass is 316 g/mol. The molecular formula is C18H21FN2O2. The molecular weight excluding hydrogens is 295 g/mol. The predicted octanol–water partition coefficient (Wildman–Crippen LogP) is 2.92. The average Bonchev–Trinajstić information content (AvgIpc) is 2.91. The number of aliphatic hydroxyl groups is 1. The fourth-order valence-electron chi connectivity index (χ4n) is 3.32. The molecule has 1 fully saturated rings. The molecule has 0 saturated heterocycles. The zero-order valence-electron chi connectivity index (χ0n) is 13.4. The van der Waals surface area contributed by atoms with Crippen LogP contribution in [0, 0.1) is 18.7 Å². The minimum Gasteiger partial charge on any atom is -0.393 e. The maximum absolute atomic E-state index is 13.3. The zero-order chi connectivity index (χ0) is 16.6. The second-order valence-electron chi connectivity index (χ2n) is 6.40. The number of nitrogens with zero attached hydrogens (tertiary/aromatic N) is 2. The maximum atomic E-state index is 13.3. The van der Waals surface area contributed by atoms with Crippen molar-refractivity contribution in [2.45, 2.75) is 32.3 Å². The van der Waals surface area contributed by atoms with E-state index < -0.39 is 0 Å². The van der Waals surface area contributed by atoms with Gasteiger partial charge >= 0.3 is 0 Å². The van der Waals surface area contributed by atoms with Gasteiger partial charge in [0, 0.05) is 31.0 Å². The highest BCUT2D eigenvalue weighted by atomic mass is 19.1. The Kier molecular flexibility index (Phi) is 4.31. The van der Waals surface area contributed by atoms with E-state index in [2.05, 4.69) is 4.98 Å². The van der Waals surface area contributed by atoms with Gasteiger partial charge in [-0.2, -0.15) is 0 Å². The molecule has 1 aliphatic rings. The lowest BCUT2D eigenvalue weighted by Gasteiger charge is -2.24. The molecule has 1 amide bonds. The molecule has 1 aromatic carbocycles. The van der Waals surface area contributed by atoms with Crippen molar-refractivity contribution in [3.05, 3.63) is 41.3 Å². The molecule has 1 aliphatic carbocycles. The highest BCUT2D eigenvalue weighted by Crippen LogP contribution is 2.27. The Morgan fingerprint density at radius 3 is 2.87 bits per heavy atom. The Labute approximate surface area is 134 Å². The first kappa shape index (κ1) is 15.9. The number of halogens is 1. The fourth-order valence-corrected chi connectivity index (χ4v) is 3.32. The summed E-state index contributed by atoms with van der Waals surface area (Å²) < 4.78 is 13.3. The van der Waals surface area contributed by atoms with Crippen LogP contribution in [-0.4, -0.2) is 40.6 Å². The summed E-state index contributed by atoms with van der Waals surface area (Å²) in [5.74, 6) is -0.303. The summed E-state index contributed by atoms with van der Waals surface area (Å²) in [5, 5.41) is 10.7. The summed E-state index contributed by atoms with van der Waals surface area (Å²) >= 11 is 0. The van der Waals surface area contributed by atoms with E-state index in [9.17, 15) is 14.3 Å². The molecule has 122 valence electrons. The van der Waals surface area contributed by atoms with Crippen molar-refractivity contribution in [2.75, 3.05) is 13.6 Å². The molecule has 4 nitrogen and oxygen atoms in total. The van der Waals surface area contributed by atoms with Gasteiger partial charge in [-0.15, -0.1) is 0 Å². The summed E-state index contributed by atoms with van der Waals surface area (Å²) in [5.41, 5.74) is 1.67. The molecule has 0 spiro atoms. The summed E-state index contributed by atoms with van der Waals surface area (Å²) in [6.07, 6.45) is 2.46. The largest absolute Gasteiger partial charge is 0.393 e. The molecule has 0 aliphatic heterocycles. The Balaban J connectivity index is 1.85. The summed E-state index contributed by atoms with van der Waals surface area (Å²) in [4.78, 5) is 18.7. The summed E-state index contributed by atoms with van der Waals surface area (Å²) in [7, 11) is 1.75. The molecule has 23 heavy (non-hydrogen) atoms. The van der Waals surface area contributed by atoms with Gasteiger partial charge in [0.15, 0.2) is 0 Å². The van der Waals surface area contributed by atoms with Crippen molar-refractivity contribution >= 4 is 16.8 Å². The van der Waals surface area contributed by atoms with E-state index in [1.807, 2.05) is 0 Å². The van der Waals surface area contributed by atoms with Crippen molar-refractivity contribution in [1.29, 1.82) is 0 Å². The number of aliphatic hydroxyl groups excluding tert-OH is 1. The van der Waals surface area contributed by atoms with Crippen LogP contribution in [0.2, 0.25) is 0 Å². The Morgan fingerprint density at radius 2 is 2.17 bits per heavy atom. The number of amides is 1. The minimum absolute atomic E-state index is 0.111. The number of aromatic nitrogens is 1. The maximum Gasteiger partial charge on any atom is 0.255 e. The van der Waals surface area contributed by atoms with Gasteiger partial charge in [0.25, 0.3) is 5.91 Å². The lowest BCUT2D eigenvalue weighted by Crippen LogP contribution is -2.35. The molecule has 5 heteroatoms. The fraction of sp³-hybridized carbons (Fsp3) is 0.444. The van der Waals surface area contributed by atoms with Crippen molar-refractivity contribution < 1.29 is 14.3 Å². The smallest absolute Gasteiger partial charge is 0.255 e. The van der Waals surface area contributed by atoms with Gasteiger partial charge in [0.1, 0.15) is 5.82 Å². The van der Waals surface area contributed by atoms with E-state index in [1.165, 1.54) is 12.1 Å². The Morgan fingerprint density at radius 1 is 1.39 bits per heavy atom. The van der Waals surface area contributed by atoms with Crippen molar-refractivity contribution in [3.8, 4) is 0 Å². The molecule has 2 aromatic rings. The average molecular weight is 316 g/mol. The second kappa shape index (κ2) is 6.24. The number of hydrogen-bond donors (Lipinski definition) is 1. The Hall–Kier alpha value is -2.01. The zero-order valence-corrected chi connectivity index (χ0v) is 13.4. The van der Waals surface area contributed by atoms with Crippen LogP contribution >= 0.6 is 0 Å². The topological polar surface area (TPSA) is 53.4 Å². The molecule has 1 aromatic heterocycles.